The van der Waals surface area contributed by atoms with E-state index < -0.39 is 13.7 Å². The normalized spacial score (nSPS) is 13.1. The van der Waals surface area contributed by atoms with Gasteiger partial charge in [-0.25, -0.2) is 4.98 Å². The first-order valence-corrected chi connectivity index (χ1v) is 22.5. The van der Waals surface area contributed by atoms with Crippen LogP contribution in [0.1, 0.15) is 56.8 Å². The van der Waals surface area contributed by atoms with E-state index in [1.807, 2.05) is 129 Å². The van der Waals surface area contributed by atoms with Crippen molar-refractivity contribution in [2.24, 2.45) is 0 Å². The molecule has 2 aromatic heterocycles. The van der Waals surface area contributed by atoms with Crippen molar-refractivity contribution in [3.8, 4) is 89.7 Å². The van der Waals surface area contributed by atoms with Crippen molar-refractivity contribution in [3.63, 3.8) is 0 Å². The number of nitrogens with zero attached hydrogens (tertiary/aromatic N) is 3. The third-order valence-electron chi connectivity index (χ3n) is 12.5. The van der Waals surface area contributed by atoms with Crippen molar-refractivity contribution in [1.29, 1.82) is 0 Å². The van der Waals surface area contributed by atoms with Crippen molar-refractivity contribution >= 4 is 11.0 Å². The van der Waals surface area contributed by atoms with E-state index >= 15 is 0 Å². The van der Waals surface area contributed by atoms with E-state index in [-0.39, 0.29) is 37.6 Å². The molecule has 10 rings (SSSR count). The van der Waals surface area contributed by atoms with Gasteiger partial charge in [0.25, 0.3) is 0 Å². The van der Waals surface area contributed by atoms with Crippen molar-refractivity contribution in [1.82, 2.24) is 14.5 Å². The Hall–Kier alpha value is -7.13. The molecule has 0 fully saturated rings. The standard InChI is InChI=1S/C63H53N3O.Pt/c1-40-22-24-45(25-23-40)48-30-31-64-57(38-48)51-36-49(44-16-11-9-12-17-44)35-50(37-51)53-20-15-21-58-60(53)65-62(56-33-41(2)32-43(4)61(56)67-8)66(58)59-34-42(3)54(46-18-13-10-14-19-46)39-55(59)47-26-28-52(29-27-47)63(5,6)7;/h9-36,38-39H,8H2,1-7H3;/q-2;+2/i1D3,3D3;. The minimum Gasteiger partial charge on any atom is -0.665 e. The predicted octanol–water partition coefficient (Wildman–Crippen LogP) is 16.6. The summed E-state index contributed by atoms with van der Waals surface area (Å²) in [6.45, 7) is 5.89. The molecule has 0 aliphatic heterocycles. The summed E-state index contributed by atoms with van der Waals surface area (Å²) < 4.78 is 58.8. The average molecular weight is 1070 g/mol. The van der Waals surface area contributed by atoms with E-state index in [1.54, 1.807) is 18.3 Å². The summed E-state index contributed by atoms with van der Waals surface area (Å²) in [6, 6.07) is 61.2. The summed E-state index contributed by atoms with van der Waals surface area (Å²) in [7, 11) is 3.91. The summed E-state index contributed by atoms with van der Waals surface area (Å²) in [6.07, 6.45) is 1.76. The molecule has 0 N–H and O–H groups in total. The number of rotatable bonds is 9. The molecular formula is C63H53N3OPt. The van der Waals surface area contributed by atoms with E-state index in [1.165, 1.54) is 5.56 Å². The Morgan fingerprint density at radius 1 is 0.559 bits per heavy atom. The van der Waals surface area contributed by atoms with Crippen LogP contribution in [-0.2, 0) is 26.5 Å². The summed E-state index contributed by atoms with van der Waals surface area (Å²) in [5.74, 6) is 1.10. The first-order chi connectivity index (χ1) is 34.8. The summed E-state index contributed by atoms with van der Waals surface area (Å²) in [5.41, 5.74) is 16.0. The van der Waals surface area contributed by atoms with Gasteiger partial charge in [-0.15, -0.1) is 23.8 Å². The molecule has 0 atom stereocenters. The number of imidazole rings is 1. The molecule has 8 aromatic carbocycles. The molecule has 2 heterocycles. The Balaban J connectivity index is 0.00000672. The van der Waals surface area contributed by atoms with E-state index in [0.29, 0.717) is 39.6 Å². The molecule has 0 aliphatic rings. The molecule has 0 spiro atoms. The maximum Gasteiger partial charge on any atom is 2.00 e. The Morgan fingerprint density at radius 2 is 1.24 bits per heavy atom. The van der Waals surface area contributed by atoms with Gasteiger partial charge in [0.15, 0.2) is 0 Å². The fraction of sp³-hybridized carbons (Fsp3) is 0.127. The Morgan fingerprint density at radius 3 is 1.93 bits per heavy atom. The third-order valence-corrected chi connectivity index (χ3v) is 12.5. The van der Waals surface area contributed by atoms with Gasteiger partial charge in [-0.2, -0.15) is 7.11 Å². The predicted molar refractivity (Wildman–Crippen MR) is 279 cm³/mol. The Bertz CT molecular complexity index is 3670. The van der Waals surface area contributed by atoms with Gasteiger partial charge in [0.2, 0.25) is 0 Å². The number of fused-ring (bicyclic) bond motifs is 1. The second-order valence-corrected chi connectivity index (χ2v) is 18.2. The number of ether oxygens (including phenoxy) is 1. The molecule has 68 heavy (non-hydrogen) atoms. The topological polar surface area (TPSA) is 39.9 Å². The molecule has 5 heteroatoms. The molecule has 336 valence electrons. The summed E-state index contributed by atoms with van der Waals surface area (Å²) in [4.78, 5) is 10.5. The van der Waals surface area contributed by atoms with Crippen LogP contribution in [0.15, 0.2) is 182 Å². The van der Waals surface area contributed by atoms with Crippen molar-refractivity contribution in [2.45, 2.75) is 53.7 Å². The van der Waals surface area contributed by atoms with Gasteiger partial charge in [0.05, 0.1) is 28.0 Å². The maximum absolute atomic E-state index is 9.03. The number of benzene rings is 8. The zero-order valence-electron chi connectivity index (χ0n) is 44.6. The van der Waals surface area contributed by atoms with Gasteiger partial charge in [0.1, 0.15) is 5.82 Å². The largest absolute Gasteiger partial charge is 2.00 e. The van der Waals surface area contributed by atoms with E-state index in [9.17, 15) is 0 Å². The smallest absolute Gasteiger partial charge is 0.665 e. The van der Waals surface area contributed by atoms with Crippen LogP contribution in [0.4, 0.5) is 0 Å². The zero-order valence-corrected chi connectivity index (χ0v) is 40.9. The number of hydrogen-bond donors (Lipinski definition) is 0. The number of para-hydroxylation sites is 1. The van der Waals surface area contributed by atoms with Gasteiger partial charge in [-0.3, -0.25) is 9.55 Å². The molecule has 0 radical (unpaired) electrons. The second kappa shape index (κ2) is 18.9. The zero-order chi connectivity index (χ0) is 51.4. The van der Waals surface area contributed by atoms with Gasteiger partial charge in [0, 0.05) is 25.7 Å². The molecule has 0 saturated heterocycles. The van der Waals surface area contributed by atoms with E-state index in [0.717, 1.165) is 72.3 Å². The van der Waals surface area contributed by atoms with Gasteiger partial charge >= 0.3 is 21.1 Å². The van der Waals surface area contributed by atoms with Crippen LogP contribution in [0.5, 0.6) is 5.75 Å². The molecule has 0 aliphatic carbocycles. The van der Waals surface area contributed by atoms with Crippen LogP contribution < -0.4 is 4.74 Å². The quantitative estimate of drug-likeness (QED) is 0.135. The van der Waals surface area contributed by atoms with Gasteiger partial charge in [-0.05, 0) is 119 Å². The van der Waals surface area contributed by atoms with Crippen molar-refractivity contribution in [2.75, 3.05) is 0 Å². The van der Waals surface area contributed by atoms with Crippen molar-refractivity contribution < 1.29 is 34.0 Å². The van der Waals surface area contributed by atoms with Crippen LogP contribution in [-0.4, -0.2) is 14.5 Å². The third kappa shape index (κ3) is 8.90. The average Bonchev–Trinajstić information content (AvgIpc) is 3.79. The molecule has 10 aromatic rings. The number of aryl methyl sites for hydroxylation is 4. The Labute approximate surface area is 424 Å². The van der Waals surface area contributed by atoms with Gasteiger partial charge < -0.3 is 4.74 Å². The fourth-order valence-corrected chi connectivity index (χ4v) is 9.13. The van der Waals surface area contributed by atoms with Crippen LogP contribution in [0.25, 0.3) is 95.0 Å². The summed E-state index contributed by atoms with van der Waals surface area (Å²) >= 11 is 0. The molecule has 0 amide bonds. The minimum absolute atomic E-state index is 0. The maximum atomic E-state index is 9.03. The fourth-order valence-electron chi connectivity index (χ4n) is 9.13. The van der Waals surface area contributed by atoms with Crippen LogP contribution in [0.2, 0.25) is 0 Å². The molecular weight excluding hydrogens is 1010 g/mol. The monoisotopic (exact) mass is 1070 g/mol. The van der Waals surface area contributed by atoms with Crippen molar-refractivity contribution in [3.05, 3.63) is 223 Å². The summed E-state index contributed by atoms with van der Waals surface area (Å²) in [5, 5.41) is 0. The SMILES string of the molecule is [2H]C([2H])([2H])c1ccc(-c2ccnc(-c3[c-]c(-c4cccc5c4nc(-c4cc(C)cc(C)c4O[CH2-])n5-c4cc(C([2H])([2H])[2H])c(-c5ccccc5)cc4-c4ccc(C(C)(C)C)cc4)cc(-c4ccccc4)c3)c2)cc1.[Pt+2]. The molecule has 0 bridgehead atoms. The number of aromatic nitrogens is 3. The first-order valence-electron chi connectivity index (χ1n) is 25.5. The minimum atomic E-state index is -2.49. The first kappa shape index (κ1) is 38.9. The van der Waals surface area contributed by atoms with Crippen LogP contribution in [0.3, 0.4) is 0 Å². The van der Waals surface area contributed by atoms with Crippen LogP contribution >= 0.6 is 0 Å². The van der Waals surface area contributed by atoms with Crippen LogP contribution in [0, 0.1) is 40.7 Å². The number of pyridine rings is 1. The number of hydrogen-bond acceptors (Lipinski definition) is 3. The van der Waals surface area contributed by atoms with E-state index in [2.05, 4.69) is 87.0 Å². The second-order valence-electron chi connectivity index (χ2n) is 18.2. The van der Waals surface area contributed by atoms with E-state index in [4.69, 9.17) is 22.9 Å². The molecule has 0 saturated carbocycles. The molecule has 4 nitrogen and oxygen atoms in total. The Kier molecular flexibility index (Phi) is 10.8. The molecule has 0 unspecified atom stereocenters. The van der Waals surface area contributed by atoms with Gasteiger partial charge in [-0.1, -0.05) is 176 Å².